The number of nitrogens with zero attached hydrogens (tertiary/aromatic N) is 2. The van der Waals surface area contributed by atoms with Crippen LogP contribution in [0.1, 0.15) is 10.4 Å². The molecular formula is C16H10N2O. The van der Waals surface area contributed by atoms with Crippen molar-refractivity contribution in [1.29, 1.82) is 0 Å². The highest BCUT2D eigenvalue weighted by atomic mass is 16.1. The van der Waals surface area contributed by atoms with Gasteiger partial charge in [0.2, 0.25) is 0 Å². The van der Waals surface area contributed by atoms with Gasteiger partial charge in [-0.05, 0) is 27.6 Å². The average Bonchev–Trinajstić information content (AvgIpc) is 2.44. The molecule has 0 bridgehead atoms. The van der Waals surface area contributed by atoms with Crippen molar-refractivity contribution in [3.8, 4) is 0 Å². The van der Waals surface area contributed by atoms with E-state index in [2.05, 4.69) is 10.9 Å². The second-order valence-corrected chi connectivity index (χ2v) is 4.30. The van der Waals surface area contributed by atoms with E-state index in [1.807, 2.05) is 48.5 Å². The first-order valence-electron chi connectivity index (χ1n) is 5.93. The van der Waals surface area contributed by atoms with Gasteiger partial charge in [0, 0.05) is 5.56 Å². The standard InChI is InChI=1S/C16H10N2O/c17-18-10-15(19)16-13-7-3-1-5-11(13)9-12-6-2-4-8-14(12)16/h1-10H. The second kappa shape index (κ2) is 4.48. The summed E-state index contributed by atoms with van der Waals surface area (Å²) in [5, 5.41) is 3.73. The van der Waals surface area contributed by atoms with E-state index in [9.17, 15) is 4.79 Å². The van der Waals surface area contributed by atoms with Crippen LogP contribution in [-0.2, 0) is 0 Å². The maximum atomic E-state index is 12.2. The molecular weight excluding hydrogens is 236 g/mol. The number of Topliss-reactive ketones (excluding diaryl/α,β-unsaturated/α-hetero) is 1. The summed E-state index contributed by atoms with van der Waals surface area (Å²) in [5.41, 5.74) is 9.17. The first-order valence-corrected chi connectivity index (χ1v) is 5.93. The molecule has 3 heteroatoms. The molecule has 3 aromatic rings. The minimum atomic E-state index is -0.296. The summed E-state index contributed by atoms with van der Waals surface area (Å²) in [6.07, 6.45) is 0.939. The van der Waals surface area contributed by atoms with Crippen LogP contribution in [0.3, 0.4) is 0 Å². The summed E-state index contributed by atoms with van der Waals surface area (Å²) in [7, 11) is 0. The largest absolute Gasteiger partial charge is 0.361 e. The van der Waals surface area contributed by atoms with Gasteiger partial charge >= 0.3 is 6.21 Å². The van der Waals surface area contributed by atoms with E-state index in [1.165, 1.54) is 0 Å². The highest BCUT2D eigenvalue weighted by Gasteiger charge is 2.15. The van der Waals surface area contributed by atoms with Crippen LogP contribution in [0.15, 0.2) is 54.6 Å². The Kier molecular flexibility index (Phi) is 2.67. The highest BCUT2D eigenvalue weighted by Crippen LogP contribution is 2.28. The Labute approximate surface area is 109 Å². The van der Waals surface area contributed by atoms with Crippen LogP contribution in [-0.4, -0.2) is 16.8 Å². The average molecular weight is 246 g/mol. The fraction of sp³-hybridized carbons (Fsp3) is 0. The maximum absolute atomic E-state index is 12.2. The number of rotatable bonds is 2. The molecule has 0 radical (unpaired) electrons. The lowest BCUT2D eigenvalue weighted by Crippen LogP contribution is -2.03. The smallest absolute Gasteiger partial charge is 0.328 e. The number of hydrogen-bond donors (Lipinski definition) is 0. The first-order chi connectivity index (χ1) is 9.31. The molecule has 0 aliphatic rings. The van der Waals surface area contributed by atoms with Crippen LogP contribution in [0.4, 0.5) is 0 Å². The molecule has 0 aromatic heterocycles. The van der Waals surface area contributed by atoms with Gasteiger partial charge in [-0.15, -0.1) is 0 Å². The second-order valence-electron chi connectivity index (χ2n) is 4.30. The number of fused-ring (bicyclic) bond motifs is 2. The molecule has 0 heterocycles. The van der Waals surface area contributed by atoms with Gasteiger partial charge in [-0.1, -0.05) is 48.5 Å². The van der Waals surface area contributed by atoms with Gasteiger partial charge in [0.1, 0.15) is 0 Å². The van der Waals surface area contributed by atoms with Crippen molar-refractivity contribution in [3.63, 3.8) is 0 Å². The van der Waals surface area contributed by atoms with E-state index in [0.29, 0.717) is 5.56 Å². The SMILES string of the molecule is [N-]=[N+]=CC(=O)c1c2ccccc2cc2ccccc12. The Morgan fingerprint density at radius 1 is 0.947 bits per heavy atom. The zero-order valence-corrected chi connectivity index (χ0v) is 10.1. The number of carbonyl (C=O) groups is 1. The molecule has 90 valence electrons. The van der Waals surface area contributed by atoms with Crippen LogP contribution in [0, 0.1) is 0 Å². The number of carbonyl (C=O) groups excluding carboxylic acids is 1. The molecule has 0 unspecified atom stereocenters. The zero-order valence-electron chi connectivity index (χ0n) is 10.1. The van der Waals surface area contributed by atoms with Gasteiger partial charge in [0.05, 0.1) is 0 Å². The lowest BCUT2D eigenvalue weighted by molar-refractivity contribution is 0.00238. The molecule has 0 N–H and O–H groups in total. The molecule has 3 rings (SSSR count). The third-order valence-electron chi connectivity index (χ3n) is 3.19. The fourth-order valence-electron chi connectivity index (χ4n) is 2.40. The summed E-state index contributed by atoms with van der Waals surface area (Å²) < 4.78 is 0. The molecule has 0 spiro atoms. The number of hydrogen-bond acceptors (Lipinski definition) is 1. The summed E-state index contributed by atoms with van der Waals surface area (Å²) >= 11 is 0. The maximum Gasteiger partial charge on any atom is 0.328 e. The molecule has 19 heavy (non-hydrogen) atoms. The summed E-state index contributed by atoms with van der Waals surface area (Å²) in [4.78, 5) is 15.0. The molecule has 0 aliphatic heterocycles. The molecule has 0 atom stereocenters. The van der Waals surface area contributed by atoms with Crippen LogP contribution < -0.4 is 0 Å². The van der Waals surface area contributed by atoms with E-state index in [0.717, 1.165) is 27.8 Å². The number of benzene rings is 3. The number of ketones is 1. The summed E-state index contributed by atoms with van der Waals surface area (Å²) in [6, 6.07) is 17.5. The van der Waals surface area contributed by atoms with Crippen molar-refractivity contribution in [1.82, 2.24) is 0 Å². The van der Waals surface area contributed by atoms with E-state index in [1.54, 1.807) is 0 Å². The van der Waals surface area contributed by atoms with Gasteiger partial charge < -0.3 is 5.53 Å². The molecule has 0 saturated carbocycles. The van der Waals surface area contributed by atoms with E-state index in [-0.39, 0.29) is 5.78 Å². The molecule has 0 amide bonds. The first kappa shape index (κ1) is 11.3. The van der Waals surface area contributed by atoms with Crippen molar-refractivity contribution in [2.75, 3.05) is 0 Å². The Morgan fingerprint density at radius 3 is 2.00 bits per heavy atom. The molecule has 0 saturated heterocycles. The predicted molar refractivity (Wildman–Crippen MR) is 75.5 cm³/mol. The van der Waals surface area contributed by atoms with Crippen molar-refractivity contribution in [2.45, 2.75) is 0 Å². The third kappa shape index (κ3) is 1.82. The Bertz CT molecular complexity index is 792. The van der Waals surface area contributed by atoms with Crippen molar-refractivity contribution < 1.29 is 9.58 Å². The lowest BCUT2D eigenvalue weighted by Gasteiger charge is -2.07. The molecule has 3 aromatic carbocycles. The monoisotopic (exact) mass is 246 g/mol. The van der Waals surface area contributed by atoms with Crippen LogP contribution in [0.2, 0.25) is 0 Å². The zero-order chi connectivity index (χ0) is 13.2. The Balaban J connectivity index is 2.53. The quantitative estimate of drug-likeness (QED) is 0.224. The van der Waals surface area contributed by atoms with Crippen LogP contribution in [0.25, 0.3) is 27.1 Å². The highest BCUT2D eigenvalue weighted by molar-refractivity contribution is 6.40. The van der Waals surface area contributed by atoms with Crippen molar-refractivity contribution in [2.24, 2.45) is 0 Å². The summed E-state index contributed by atoms with van der Waals surface area (Å²) in [5.74, 6) is -0.296. The Morgan fingerprint density at radius 2 is 1.47 bits per heavy atom. The predicted octanol–water partition coefficient (Wildman–Crippen LogP) is 3.48. The lowest BCUT2D eigenvalue weighted by atomic mass is 9.94. The van der Waals surface area contributed by atoms with E-state index < -0.39 is 0 Å². The third-order valence-corrected chi connectivity index (χ3v) is 3.19. The van der Waals surface area contributed by atoms with Gasteiger partial charge in [0.15, 0.2) is 0 Å². The van der Waals surface area contributed by atoms with Crippen molar-refractivity contribution in [3.05, 3.63) is 65.7 Å². The van der Waals surface area contributed by atoms with Gasteiger partial charge in [-0.3, -0.25) is 4.79 Å². The minimum absolute atomic E-state index is 0.296. The summed E-state index contributed by atoms with van der Waals surface area (Å²) in [6.45, 7) is 0. The molecule has 3 nitrogen and oxygen atoms in total. The fourth-order valence-corrected chi connectivity index (χ4v) is 2.40. The normalized spacial score (nSPS) is 10.3. The minimum Gasteiger partial charge on any atom is -0.361 e. The Hall–Kier alpha value is -2.77. The molecule has 0 aliphatic carbocycles. The van der Waals surface area contributed by atoms with Crippen molar-refractivity contribution >= 4 is 33.5 Å². The molecule has 0 fully saturated rings. The topological polar surface area (TPSA) is 53.5 Å². The van der Waals surface area contributed by atoms with Gasteiger partial charge in [-0.2, -0.15) is 4.79 Å². The van der Waals surface area contributed by atoms with Crippen LogP contribution in [0.5, 0.6) is 0 Å². The van der Waals surface area contributed by atoms with Crippen LogP contribution >= 0.6 is 0 Å². The van der Waals surface area contributed by atoms with E-state index >= 15 is 0 Å². The van der Waals surface area contributed by atoms with Gasteiger partial charge in [0.25, 0.3) is 5.78 Å². The van der Waals surface area contributed by atoms with E-state index in [4.69, 9.17) is 5.53 Å². The van der Waals surface area contributed by atoms with Gasteiger partial charge in [-0.25, -0.2) is 0 Å².